The van der Waals surface area contributed by atoms with Gasteiger partial charge in [0.25, 0.3) is 0 Å². The zero-order chi connectivity index (χ0) is 13.8. The van der Waals surface area contributed by atoms with Crippen LogP contribution in [0.25, 0.3) is 0 Å². The number of rotatable bonds is 5. The van der Waals surface area contributed by atoms with Gasteiger partial charge in [-0.1, -0.05) is 0 Å². The van der Waals surface area contributed by atoms with E-state index in [1.165, 1.54) is 18.4 Å². The number of carbonyl (C=O) groups is 1. The summed E-state index contributed by atoms with van der Waals surface area (Å²) >= 11 is 1.49. The number of carbonyl (C=O) groups excluding carboxylic acids is 1. The van der Waals surface area contributed by atoms with Gasteiger partial charge in [-0.25, -0.2) is 4.79 Å². The van der Waals surface area contributed by atoms with Crippen LogP contribution >= 0.6 is 11.3 Å². The van der Waals surface area contributed by atoms with Crippen molar-refractivity contribution in [1.29, 1.82) is 0 Å². The van der Waals surface area contributed by atoms with Gasteiger partial charge >= 0.3 is 5.97 Å². The highest BCUT2D eigenvalue weighted by Gasteiger charge is 2.22. The third kappa shape index (κ3) is 3.55. The summed E-state index contributed by atoms with van der Waals surface area (Å²) in [6.07, 6.45) is 2.60. The molecule has 5 heteroatoms. The van der Waals surface area contributed by atoms with Crippen LogP contribution in [0.1, 0.15) is 39.9 Å². The van der Waals surface area contributed by atoms with Crippen molar-refractivity contribution in [1.82, 2.24) is 5.32 Å². The number of methoxy groups -OCH3 is 1. The van der Waals surface area contributed by atoms with Gasteiger partial charge in [0.15, 0.2) is 0 Å². The summed E-state index contributed by atoms with van der Waals surface area (Å²) in [4.78, 5) is 13.3. The fourth-order valence-electron chi connectivity index (χ4n) is 2.30. The van der Waals surface area contributed by atoms with E-state index < -0.39 is 0 Å². The summed E-state index contributed by atoms with van der Waals surface area (Å²) in [7, 11) is 1.41. The molecule has 2 atom stereocenters. The second kappa shape index (κ2) is 6.50. The highest BCUT2D eigenvalue weighted by atomic mass is 32.1. The number of ether oxygens (including phenoxy) is 2. The van der Waals surface area contributed by atoms with E-state index in [0.717, 1.165) is 36.4 Å². The first-order valence-electron chi connectivity index (χ1n) is 6.64. The van der Waals surface area contributed by atoms with Crippen molar-refractivity contribution in [2.45, 2.75) is 45.4 Å². The van der Waals surface area contributed by atoms with Crippen LogP contribution in [-0.2, 0) is 16.0 Å². The predicted molar refractivity (Wildman–Crippen MR) is 75.7 cm³/mol. The molecule has 0 bridgehead atoms. The molecule has 1 aromatic heterocycles. The van der Waals surface area contributed by atoms with Crippen molar-refractivity contribution in [2.75, 3.05) is 13.7 Å². The maximum atomic E-state index is 11.5. The Bertz CT molecular complexity index is 438. The first kappa shape index (κ1) is 14.5. The summed E-state index contributed by atoms with van der Waals surface area (Å²) in [5.41, 5.74) is 1.16. The van der Waals surface area contributed by atoms with E-state index in [9.17, 15) is 4.79 Å². The maximum Gasteiger partial charge on any atom is 0.348 e. The fourth-order valence-corrected chi connectivity index (χ4v) is 3.26. The monoisotopic (exact) mass is 283 g/mol. The first-order chi connectivity index (χ1) is 9.11. The SMILES string of the molecule is COC(=O)c1cc(CN[C@H](C)[C@@H]2CCCO2)c(C)s1. The van der Waals surface area contributed by atoms with E-state index in [0.29, 0.717) is 17.0 Å². The lowest BCUT2D eigenvalue weighted by atomic mass is 10.1. The minimum absolute atomic E-state index is 0.258. The highest BCUT2D eigenvalue weighted by Crippen LogP contribution is 2.23. The Kier molecular flexibility index (Phi) is 4.96. The Labute approximate surface area is 118 Å². The summed E-state index contributed by atoms with van der Waals surface area (Å²) in [5, 5.41) is 3.48. The van der Waals surface area contributed by atoms with Crippen LogP contribution in [-0.4, -0.2) is 31.8 Å². The number of hydrogen-bond acceptors (Lipinski definition) is 5. The Morgan fingerprint density at radius 3 is 3.11 bits per heavy atom. The molecule has 106 valence electrons. The van der Waals surface area contributed by atoms with E-state index in [4.69, 9.17) is 9.47 Å². The minimum atomic E-state index is -0.258. The molecule has 0 spiro atoms. The Morgan fingerprint density at radius 1 is 1.68 bits per heavy atom. The van der Waals surface area contributed by atoms with Crippen molar-refractivity contribution in [3.63, 3.8) is 0 Å². The van der Waals surface area contributed by atoms with Gasteiger partial charge in [0.1, 0.15) is 4.88 Å². The van der Waals surface area contributed by atoms with Gasteiger partial charge in [0.2, 0.25) is 0 Å². The summed E-state index contributed by atoms with van der Waals surface area (Å²) in [5.74, 6) is -0.258. The number of esters is 1. The molecule has 1 N–H and O–H groups in total. The predicted octanol–water partition coefficient (Wildman–Crippen LogP) is 2.50. The molecule has 1 fully saturated rings. The second-order valence-electron chi connectivity index (χ2n) is 4.90. The summed E-state index contributed by atoms with van der Waals surface area (Å²) < 4.78 is 10.4. The Balaban J connectivity index is 1.91. The quantitative estimate of drug-likeness (QED) is 0.844. The van der Waals surface area contributed by atoms with Crippen LogP contribution in [0.4, 0.5) is 0 Å². The van der Waals surface area contributed by atoms with Gasteiger partial charge in [-0.05, 0) is 38.3 Å². The van der Waals surface area contributed by atoms with Gasteiger partial charge < -0.3 is 14.8 Å². The van der Waals surface area contributed by atoms with Gasteiger partial charge in [-0.15, -0.1) is 11.3 Å². The molecule has 1 aromatic rings. The molecule has 1 aliphatic rings. The zero-order valence-corrected chi connectivity index (χ0v) is 12.5. The second-order valence-corrected chi connectivity index (χ2v) is 6.16. The average Bonchev–Trinajstić information content (AvgIpc) is 3.04. The minimum Gasteiger partial charge on any atom is -0.465 e. The van der Waals surface area contributed by atoms with E-state index in [1.807, 2.05) is 13.0 Å². The normalized spacial score (nSPS) is 20.5. The van der Waals surface area contributed by atoms with E-state index in [1.54, 1.807) is 0 Å². The van der Waals surface area contributed by atoms with Gasteiger partial charge in [0, 0.05) is 24.1 Å². The Morgan fingerprint density at radius 2 is 2.47 bits per heavy atom. The molecule has 0 aliphatic carbocycles. The zero-order valence-electron chi connectivity index (χ0n) is 11.7. The number of thiophene rings is 1. The van der Waals surface area contributed by atoms with Crippen LogP contribution in [0.5, 0.6) is 0 Å². The topological polar surface area (TPSA) is 47.6 Å². The van der Waals surface area contributed by atoms with Crippen LogP contribution in [0.3, 0.4) is 0 Å². The largest absolute Gasteiger partial charge is 0.465 e. The molecule has 0 radical (unpaired) electrons. The molecule has 2 heterocycles. The van der Waals surface area contributed by atoms with Crippen molar-refractivity contribution < 1.29 is 14.3 Å². The molecular formula is C14H21NO3S. The van der Waals surface area contributed by atoms with Gasteiger partial charge in [-0.2, -0.15) is 0 Å². The number of aryl methyl sites for hydroxylation is 1. The lowest BCUT2D eigenvalue weighted by Crippen LogP contribution is -2.36. The van der Waals surface area contributed by atoms with Gasteiger partial charge in [0.05, 0.1) is 13.2 Å². The standard InChI is InChI=1S/C14H21NO3S/c1-9(12-5-4-6-18-12)15-8-11-7-13(14(16)17-3)19-10(11)2/h7,9,12,15H,4-6,8H2,1-3H3/t9-,12+/m1/s1. The van der Waals surface area contributed by atoms with E-state index >= 15 is 0 Å². The molecule has 19 heavy (non-hydrogen) atoms. The molecule has 0 unspecified atom stereocenters. The molecule has 0 amide bonds. The van der Waals surface area contributed by atoms with Gasteiger partial charge in [-0.3, -0.25) is 0 Å². The van der Waals surface area contributed by atoms with Crippen LogP contribution < -0.4 is 5.32 Å². The number of hydrogen-bond donors (Lipinski definition) is 1. The molecule has 1 saturated heterocycles. The summed E-state index contributed by atoms with van der Waals surface area (Å²) in [6.45, 7) is 5.82. The summed E-state index contributed by atoms with van der Waals surface area (Å²) in [6, 6.07) is 2.25. The highest BCUT2D eigenvalue weighted by molar-refractivity contribution is 7.14. The van der Waals surface area contributed by atoms with Crippen molar-refractivity contribution in [3.8, 4) is 0 Å². The maximum absolute atomic E-state index is 11.5. The van der Waals surface area contributed by atoms with Crippen molar-refractivity contribution in [3.05, 3.63) is 21.4 Å². The third-order valence-corrected chi connectivity index (χ3v) is 4.62. The van der Waals surface area contributed by atoms with E-state index in [-0.39, 0.29) is 5.97 Å². The lowest BCUT2D eigenvalue weighted by Gasteiger charge is -2.19. The van der Waals surface area contributed by atoms with Crippen molar-refractivity contribution >= 4 is 17.3 Å². The smallest absolute Gasteiger partial charge is 0.348 e. The molecule has 1 aliphatic heterocycles. The molecule has 0 aromatic carbocycles. The molecular weight excluding hydrogens is 262 g/mol. The van der Waals surface area contributed by atoms with Crippen LogP contribution in [0, 0.1) is 6.92 Å². The number of nitrogens with one attached hydrogen (secondary N) is 1. The van der Waals surface area contributed by atoms with E-state index in [2.05, 4.69) is 12.2 Å². The third-order valence-electron chi connectivity index (χ3n) is 3.54. The molecule has 0 saturated carbocycles. The fraction of sp³-hybridized carbons (Fsp3) is 0.643. The van der Waals surface area contributed by atoms with Crippen molar-refractivity contribution in [2.24, 2.45) is 0 Å². The average molecular weight is 283 g/mol. The van der Waals surface area contributed by atoms with Crippen LogP contribution in [0.2, 0.25) is 0 Å². The lowest BCUT2D eigenvalue weighted by molar-refractivity contribution is 0.0606. The Hall–Kier alpha value is -0.910. The molecule has 2 rings (SSSR count). The first-order valence-corrected chi connectivity index (χ1v) is 7.46. The molecule has 4 nitrogen and oxygen atoms in total. The van der Waals surface area contributed by atoms with Crippen LogP contribution in [0.15, 0.2) is 6.07 Å².